The summed E-state index contributed by atoms with van der Waals surface area (Å²) in [4.78, 5) is 6.62. The highest BCUT2D eigenvalue weighted by atomic mass is 32.2. The van der Waals surface area contributed by atoms with Crippen LogP contribution in [0.25, 0.3) is 10.8 Å². The molecule has 0 aliphatic rings. The average Bonchev–Trinajstić information content (AvgIpc) is 2.88. The summed E-state index contributed by atoms with van der Waals surface area (Å²) in [5.74, 6) is 0.0512. The summed E-state index contributed by atoms with van der Waals surface area (Å²) >= 11 is -1.73. The Morgan fingerprint density at radius 3 is 2.44 bits per heavy atom. The quantitative estimate of drug-likeness (QED) is 0.0766. The fourth-order valence-corrected chi connectivity index (χ4v) is 5.09. The Balaban J connectivity index is 2.06. The number of hydrogen-bond acceptors (Lipinski definition) is 5. The lowest BCUT2D eigenvalue weighted by atomic mass is 10.0. The lowest BCUT2D eigenvalue weighted by Crippen LogP contribution is -2.23. The van der Waals surface area contributed by atoms with Crippen LogP contribution in [-0.4, -0.2) is 52.0 Å². The van der Waals surface area contributed by atoms with Crippen LogP contribution in [0.2, 0.25) is 0 Å². The van der Waals surface area contributed by atoms with Gasteiger partial charge in [-0.25, -0.2) is 4.21 Å². The minimum Gasteiger partial charge on any atom is -0.345 e. The van der Waals surface area contributed by atoms with Gasteiger partial charge in [0.2, 0.25) is 0 Å². The highest BCUT2D eigenvalue weighted by Crippen LogP contribution is 2.30. The van der Waals surface area contributed by atoms with Gasteiger partial charge in [0.15, 0.2) is 11.1 Å². The maximum Gasteiger partial charge on any atom is 0.264 e. The lowest BCUT2D eigenvalue weighted by molar-refractivity contribution is 0.480. The molecule has 0 saturated carbocycles. The van der Waals surface area contributed by atoms with E-state index in [4.69, 9.17) is 9.11 Å². The van der Waals surface area contributed by atoms with Crippen molar-refractivity contribution in [1.29, 1.82) is 0 Å². The second-order valence-corrected chi connectivity index (χ2v) is 11.9. The van der Waals surface area contributed by atoms with E-state index in [2.05, 4.69) is 41.1 Å². The van der Waals surface area contributed by atoms with Gasteiger partial charge in [-0.05, 0) is 81.0 Å². The van der Waals surface area contributed by atoms with Crippen LogP contribution in [0.1, 0.15) is 45.1 Å². The van der Waals surface area contributed by atoms with Crippen LogP contribution in [0.15, 0.2) is 89.6 Å². The normalized spacial score (nSPS) is 14.3. The van der Waals surface area contributed by atoms with Crippen LogP contribution in [-0.2, 0) is 21.2 Å². The number of anilines is 1. The second kappa shape index (κ2) is 17.0. The van der Waals surface area contributed by atoms with E-state index in [1.165, 1.54) is 10.8 Å². The Morgan fingerprint density at radius 1 is 0.974 bits per heavy atom. The number of benzene rings is 2. The molecule has 0 radical (unpaired) electrons. The number of allylic oxidation sites excluding steroid dienone is 8. The number of unbranched alkanes of at least 4 members (excludes halogenated alkanes) is 2. The zero-order valence-electron chi connectivity index (χ0n) is 23.0. The summed E-state index contributed by atoms with van der Waals surface area (Å²) < 4.78 is 50.8. The van der Waals surface area contributed by atoms with Crippen LogP contribution in [0, 0.1) is 6.92 Å². The van der Waals surface area contributed by atoms with E-state index >= 15 is 0 Å². The molecular weight excluding hydrogens is 532 g/mol. The monoisotopic (exact) mass is 572 g/mol. The first-order chi connectivity index (χ1) is 18.6. The molecule has 9 heteroatoms. The molecular formula is C30H40N2O5S2. The van der Waals surface area contributed by atoms with Gasteiger partial charge in [-0.3, -0.25) is 9.55 Å². The molecule has 0 saturated heterocycles. The smallest absolute Gasteiger partial charge is 0.264 e. The Morgan fingerprint density at radius 2 is 1.69 bits per heavy atom. The largest absolute Gasteiger partial charge is 0.345 e. The maximum atomic E-state index is 11.1. The summed E-state index contributed by atoms with van der Waals surface area (Å²) in [5, 5.41) is 2.35. The maximum absolute atomic E-state index is 11.1. The predicted octanol–water partition coefficient (Wildman–Crippen LogP) is 6.66. The third-order valence-corrected chi connectivity index (χ3v) is 7.57. The van der Waals surface area contributed by atoms with Gasteiger partial charge in [-0.15, -0.1) is 0 Å². The van der Waals surface area contributed by atoms with Crippen molar-refractivity contribution in [2.45, 2.75) is 46.5 Å². The molecule has 0 amide bonds. The van der Waals surface area contributed by atoms with Gasteiger partial charge in [-0.2, -0.15) is 8.42 Å². The van der Waals surface area contributed by atoms with E-state index in [1.54, 1.807) is 0 Å². The molecule has 0 spiro atoms. The van der Waals surface area contributed by atoms with Gasteiger partial charge in [-0.1, -0.05) is 60.7 Å². The summed E-state index contributed by atoms with van der Waals surface area (Å²) in [6.45, 7) is 7.33. The Hall–Kier alpha value is -2.85. The molecule has 7 nitrogen and oxygen atoms in total. The zero-order chi connectivity index (χ0) is 28.7. The van der Waals surface area contributed by atoms with Crippen molar-refractivity contribution < 1.29 is 21.7 Å². The summed E-state index contributed by atoms with van der Waals surface area (Å²) in [6.07, 6.45) is 16.1. The van der Waals surface area contributed by atoms with Crippen molar-refractivity contribution in [2.24, 2.45) is 4.99 Å². The van der Waals surface area contributed by atoms with Gasteiger partial charge in [0.25, 0.3) is 10.1 Å². The fraction of sp³-hybridized carbons (Fsp3) is 0.367. The molecule has 2 aromatic carbocycles. The topological polar surface area (TPSA) is 107 Å². The van der Waals surface area contributed by atoms with Crippen LogP contribution in [0.3, 0.4) is 0 Å². The number of hydrogen-bond donors (Lipinski definition) is 2. The third-order valence-electron chi connectivity index (χ3n) is 6.13. The molecule has 1 unspecified atom stereocenters. The highest BCUT2D eigenvalue weighted by Gasteiger charge is 2.14. The first-order valence-electron chi connectivity index (χ1n) is 13.1. The number of aliphatic imine (C=N–C) groups is 1. The fourth-order valence-electron chi connectivity index (χ4n) is 4.07. The molecule has 0 bridgehead atoms. The zero-order valence-corrected chi connectivity index (χ0v) is 24.6. The molecule has 39 heavy (non-hydrogen) atoms. The van der Waals surface area contributed by atoms with Crippen LogP contribution < -0.4 is 4.90 Å². The van der Waals surface area contributed by atoms with E-state index in [0.717, 1.165) is 29.1 Å². The first-order valence-corrected chi connectivity index (χ1v) is 15.9. The Labute approximate surface area is 235 Å². The van der Waals surface area contributed by atoms with Gasteiger partial charge in [0.1, 0.15) is 0 Å². The number of fused-ring (bicyclic) bond motifs is 1. The van der Waals surface area contributed by atoms with Crippen molar-refractivity contribution in [1.82, 2.24) is 0 Å². The second-order valence-electron chi connectivity index (χ2n) is 9.27. The molecule has 0 aliphatic heterocycles. The molecule has 2 aromatic rings. The molecule has 212 valence electrons. The van der Waals surface area contributed by atoms with Crippen molar-refractivity contribution in [3.8, 4) is 0 Å². The minimum absolute atomic E-state index is 0.242. The standard InChI is InChI=1S/C30H40N2O5S2/c1-25(31-21-11-13-23-38(33)34)15-7-5-4-6-8-16-26(2)32(22-12-14-24-39(35,36)37)30-20-19-28-17-9-10-18-29(28)27(30)3/h4-10,15-20H,11-14,21-24H2,1-3H3,(H,33,34)(H,35,36,37)/b5-4+,8-6+,15-7+,26-16+,31-25?. The van der Waals surface area contributed by atoms with E-state index in [9.17, 15) is 12.6 Å². The van der Waals surface area contributed by atoms with Crippen molar-refractivity contribution in [3.63, 3.8) is 0 Å². The number of nitrogens with zero attached hydrogens (tertiary/aromatic N) is 2. The van der Waals surface area contributed by atoms with E-state index in [1.807, 2.05) is 68.5 Å². The first kappa shape index (κ1) is 32.4. The van der Waals surface area contributed by atoms with E-state index in [0.29, 0.717) is 38.1 Å². The van der Waals surface area contributed by atoms with Gasteiger partial charge in [0.05, 0.1) is 5.75 Å². The summed E-state index contributed by atoms with van der Waals surface area (Å²) in [7, 11) is -3.97. The molecule has 0 fully saturated rings. The highest BCUT2D eigenvalue weighted by molar-refractivity contribution is 7.85. The minimum atomic E-state index is -3.97. The predicted molar refractivity (Wildman–Crippen MR) is 166 cm³/mol. The Bertz CT molecular complexity index is 1360. The molecule has 2 N–H and O–H groups in total. The van der Waals surface area contributed by atoms with Gasteiger partial charge in [0, 0.05) is 35.9 Å². The van der Waals surface area contributed by atoms with Gasteiger partial charge < -0.3 is 9.45 Å². The van der Waals surface area contributed by atoms with Crippen LogP contribution in [0.4, 0.5) is 5.69 Å². The number of rotatable bonds is 16. The molecule has 0 aliphatic carbocycles. The van der Waals surface area contributed by atoms with E-state index < -0.39 is 21.2 Å². The lowest BCUT2D eigenvalue weighted by Gasteiger charge is -2.28. The van der Waals surface area contributed by atoms with Crippen molar-refractivity contribution in [2.75, 3.05) is 29.5 Å². The van der Waals surface area contributed by atoms with Crippen LogP contribution in [0.5, 0.6) is 0 Å². The molecule has 1 atom stereocenters. The molecule has 0 heterocycles. The molecule has 0 aromatic heterocycles. The average molecular weight is 573 g/mol. The Kier molecular flexibility index (Phi) is 14.1. The third kappa shape index (κ3) is 12.7. The van der Waals surface area contributed by atoms with Crippen LogP contribution >= 0.6 is 0 Å². The van der Waals surface area contributed by atoms with Gasteiger partial charge >= 0.3 is 0 Å². The SMILES string of the molecule is CC(/C=C/C=C/C=C/C=C(\C)N(CCCCS(=O)(=O)O)c1ccc2ccccc2c1C)=NCCCCS(=O)O. The van der Waals surface area contributed by atoms with Crippen molar-refractivity contribution >= 4 is 43.4 Å². The van der Waals surface area contributed by atoms with Crippen molar-refractivity contribution in [3.05, 3.63) is 90.2 Å². The van der Waals surface area contributed by atoms with E-state index in [-0.39, 0.29) is 5.75 Å². The summed E-state index contributed by atoms with van der Waals surface area (Å²) in [6, 6.07) is 12.4. The number of aryl methyl sites for hydroxylation is 1. The summed E-state index contributed by atoms with van der Waals surface area (Å²) in [5.41, 5.74) is 4.15. The molecule has 2 rings (SSSR count).